The first-order chi connectivity index (χ1) is 10.9. The highest BCUT2D eigenvalue weighted by atomic mass is 16.5. The number of nitrogens with zero attached hydrogens (tertiary/aromatic N) is 1. The van der Waals surface area contributed by atoms with Crippen LogP contribution in [-0.4, -0.2) is 30.7 Å². The number of fused-ring (bicyclic) bond motifs is 3. The molecule has 2 aromatic carbocycles. The quantitative estimate of drug-likeness (QED) is 0.847. The smallest absolute Gasteiger partial charge is 0.125 e. The van der Waals surface area contributed by atoms with E-state index in [9.17, 15) is 0 Å². The summed E-state index contributed by atoms with van der Waals surface area (Å²) in [5.74, 6) is 0.983. The third-order valence-electron chi connectivity index (χ3n) is 4.62. The number of hydrogen-bond donors (Lipinski definition) is 0. The Bertz CT molecular complexity index is 628. The van der Waals surface area contributed by atoms with E-state index in [0.29, 0.717) is 6.04 Å². The fraction of sp³-hybridized carbons (Fsp3) is 0.368. The first-order valence-corrected chi connectivity index (χ1v) is 8.03. The first kappa shape index (κ1) is 13.8. The molecule has 2 aliphatic heterocycles. The van der Waals surface area contributed by atoms with Gasteiger partial charge in [0.1, 0.15) is 11.9 Å². The number of benzene rings is 2. The lowest BCUT2D eigenvalue weighted by molar-refractivity contribution is -0.0777. The topological polar surface area (TPSA) is 21.7 Å². The molecule has 1 fully saturated rings. The summed E-state index contributed by atoms with van der Waals surface area (Å²) in [6.07, 6.45) is 1.13. The van der Waals surface area contributed by atoms with Gasteiger partial charge in [0.05, 0.1) is 13.2 Å². The molecule has 0 spiro atoms. The molecule has 4 rings (SSSR count). The molecule has 2 atom stereocenters. The summed E-state index contributed by atoms with van der Waals surface area (Å²) in [7, 11) is 0. The molecule has 22 heavy (non-hydrogen) atoms. The van der Waals surface area contributed by atoms with Crippen molar-refractivity contribution in [2.75, 3.05) is 19.8 Å². The van der Waals surface area contributed by atoms with Gasteiger partial charge in [-0.1, -0.05) is 48.5 Å². The molecule has 0 radical (unpaired) electrons. The van der Waals surface area contributed by atoms with Gasteiger partial charge in [-0.15, -0.1) is 0 Å². The highest BCUT2D eigenvalue weighted by Crippen LogP contribution is 2.38. The van der Waals surface area contributed by atoms with Crippen molar-refractivity contribution in [2.24, 2.45) is 0 Å². The molecular formula is C19H21NO2. The van der Waals surface area contributed by atoms with Crippen LogP contribution in [0.15, 0.2) is 54.6 Å². The van der Waals surface area contributed by atoms with E-state index >= 15 is 0 Å². The Labute approximate surface area is 131 Å². The maximum absolute atomic E-state index is 6.13. The minimum atomic E-state index is 0.121. The second-order valence-electron chi connectivity index (χ2n) is 5.99. The van der Waals surface area contributed by atoms with Gasteiger partial charge >= 0.3 is 0 Å². The van der Waals surface area contributed by atoms with Crippen molar-refractivity contribution in [1.82, 2.24) is 4.90 Å². The number of para-hydroxylation sites is 1. The van der Waals surface area contributed by atoms with Crippen LogP contribution < -0.4 is 4.74 Å². The van der Waals surface area contributed by atoms with Crippen LogP contribution >= 0.6 is 0 Å². The third kappa shape index (κ3) is 2.62. The standard InChI is InChI=1S/C19H21NO2/c1-2-6-15(7-3-1)14-20-11-13-22-19-16-8-4-5-9-18(16)21-12-10-17(19)20/h1-9,17,19H,10-14H2/t17-,19-/m1/s1. The lowest BCUT2D eigenvalue weighted by atomic mass is 9.96. The zero-order valence-corrected chi connectivity index (χ0v) is 12.7. The van der Waals surface area contributed by atoms with Gasteiger partial charge < -0.3 is 9.47 Å². The van der Waals surface area contributed by atoms with Crippen LogP contribution in [-0.2, 0) is 11.3 Å². The summed E-state index contributed by atoms with van der Waals surface area (Å²) < 4.78 is 12.1. The molecule has 0 unspecified atom stereocenters. The third-order valence-corrected chi connectivity index (χ3v) is 4.62. The normalized spacial score (nSPS) is 24.7. The number of ether oxygens (including phenoxy) is 2. The lowest BCUT2D eigenvalue weighted by Gasteiger charge is -2.40. The zero-order chi connectivity index (χ0) is 14.8. The van der Waals surface area contributed by atoms with Crippen LogP contribution in [0.25, 0.3) is 0 Å². The van der Waals surface area contributed by atoms with Gasteiger partial charge in [-0.05, 0) is 18.1 Å². The van der Waals surface area contributed by atoms with Crippen molar-refractivity contribution < 1.29 is 9.47 Å². The average Bonchev–Trinajstić information content (AvgIpc) is 2.76. The predicted molar refractivity (Wildman–Crippen MR) is 85.9 cm³/mol. The van der Waals surface area contributed by atoms with Gasteiger partial charge in [-0.3, -0.25) is 4.90 Å². The number of rotatable bonds is 2. The maximum Gasteiger partial charge on any atom is 0.125 e. The monoisotopic (exact) mass is 295 g/mol. The zero-order valence-electron chi connectivity index (χ0n) is 12.7. The van der Waals surface area contributed by atoms with Crippen LogP contribution in [0.4, 0.5) is 0 Å². The van der Waals surface area contributed by atoms with Crippen molar-refractivity contribution in [3.8, 4) is 5.75 Å². The van der Waals surface area contributed by atoms with Crippen molar-refractivity contribution in [1.29, 1.82) is 0 Å². The van der Waals surface area contributed by atoms with Crippen LogP contribution in [0, 0.1) is 0 Å². The molecule has 114 valence electrons. The van der Waals surface area contributed by atoms with Crippen molar-refractivity contribution >= 4 is 0 Å². The van der Waals surface area contributed by atoms with Gasteiger partial charge in [0, 0.05) is 24.7 Å². The van der Waals surface area contributed by atoms with E-state index in [2.05, 4.69) is 53.4 Å². The fourth-order valence-electron chi connectivity index (χ4n) is 3.55. The second-order valence-corrected chi connectivity index (χ2v) is 5.99. The molecule has 1 saturated heterocycles. The Morgan fingerprint density at radius 2 is 1.77 bits per heavy atom. The summed E-state index contributed by atoms with van der Waals surface area (Å²) in [6.45, 7) is 3.50. The lowest BCUT2D eigenvalue weighted by Crippen LogP contribution is -2.46. The molecule has 0 bridgehead atoms. The van der Waals surface area contributed by atoms with E-state index in [4.69, 9.17) is 9.47 Å². The van der Waals surface area contributed by atoms with Crippen molar-refractivity contribution in [2.45, 2.75) is 25.1 Å². The molecule has 2 aliphatic rings. The molecular weight excluding hydrogens is 274 g/mol. The van der Waals surface area contributed by atoms with E-state index in [-0.39, 0.29) is 6.10 Å². The summed E-state index contributed by atoms with van der Waals surface area (Å²) in [5.41, 5.74) is 2.56. The molecule has 2 heterocycles. The molecule has 0 amide bonds. The van der Waals surface area contributed by atoms with Crippen molar-refractivity contribution in [3.63, 3.8) is 0 Å². The molecule has 3 nitrogen and oxygen atoms in total. The van der Waals surface area contributed by atoms with E-state index < -0.39 is 0 Å². The van der Waals surface area contributed by atoms with Crippen LogP contribution in [0.2, 0.25) is 0 Å². The molecule has 3 heteroatoms. The van der Waals surface area contributed by atoms with E-state index in [1.165, 1.54) is 11.1 Å². The highest BCUT2D eigenvalue weighted by molar-refractivity contribution is 5.37. The minimum Gasteiger partial charge on any atom is -0.493 e. The Balaban J connectivity index is 1.61. The fourth-order valence-corrected chi connectivity index (χ4v) is 3.55. The Kier molecular flexibility index (Phi) is 3.83. The maximum atomic E-state index is 6.13. The molecule has 2 aromatic rings. The minimum absolute atomic E-state index is 0.121. The number of morpholine rings is 1. The van der Waals surface area contributed by atoms with Crippen LogP contribution in [0.1, 0.15) is 23.7 Å². The van der Waals surface area contributed by atoms with E-state index in [1.54, 1.807) is 0 Å². The number of hydrogen-bond acceptors (Lipinski definition) is 3. The summed E-state index contributed by atoms with van der Waals surface area (Å²) in [6, 6.07) is 19.4. The van der Waals surface area contributed by atoms with Gasteiger partial charge in [0.15, 0.2) is 0 Å². The largest absolute Gasteiger partial charge is 0.493 e. The Hall–Kier alpha value is -1.84. The SMILES string of the molecule is c1ccc(CN2CCO[C@@H]3c4ccccc4OCC[C@H]32)cc1. The Morgan fingerprint density at radius 3 is 2.68 bits per heavy atom. The molecule has 0 saturated carbocycles. The van der Waals surface area contributed by atoms with Gasteiger partial charge in [-0.2, -0.15) is 0 Å². The van der Waals surface area contributed by atoms with E-state index in [0.717, 1.165) is 38.5 Å². The molecule has 0 aromatic heterocycles. The Morgan fingerprint density at radius 1 is 0.955 bits per heavy atom. The highest BCUT2D eigenvalue weighted by Gasteiger charge is 2.36. The molecule has 0 N–H and O–H groups in total. The van der Waals surface area contributed by atoms with E-state index in [1.807, 2.05) is 6.07 Å². The van der Waals surface area contributed by atoms with Crippen molar-refractivity contribution in [3.05, 3.63) is 65.7 Å². The summed E-state index contributed by atoms with van der Waals surface area (Å²) in [5, 5.41) is 0. The summed E-state index contributed by atoms with van der Waals surface area (Å²) in [4.78, 5) is 2.55. The second kappa shape index (κ2) is 6.11. The van der Waals surface area contributed by atoms with Crippen LogP contribution in [0.3, 0.4) is 0 Å². The van der Waals surface area contributed by atoms with Gasteiger partial charge in [0.25, 0.3) is 0 Å². The molecule has 0 aliphatic carbocycles. The summed E-state index contributed by atoms with van der Waals surface area (Å²) >= 11 is 0. The average molecular weight is 295 g/mol. The first-order valence-electron chi connectivity index (χ1n) is 8.03. The van der Waals surface area contributed by atoms with Crippen LogP contribution in [0.5, 0.6) is 5.75 Å². The van der Waals surface area contributed by atoms with Gasteiger partial charge in [-0.25, -0.2) is 0 Å². The van der Waals surface area contributed by atoms with Gasteiger partial charge in [0.2, 0.25) is 0 Å². The predicted octanol–water partition coefficient (Wildman–Crippen LogP) is 3.41.